The van der Waals surface area contributed by atoms with E-state index in [1.807, 2.05) is 6.92 Å². The smallest absolute Gasteiger partial charge is 0.387 e. The summed E-state index contributed by atoms with van der Waals surface area (Å²) in [6.45, 7) is -0.586. The van der Waals surface area contributed by atoms with Crippen LogP contribution in [-0.4, -0.2) is 21.8 Å². The SMILES string of the molecule is CC(NCc1cc(Br)ccc1OC(F)F)c1ncn[nH]1. The molecule has 1 aromatic heterocycles. The quantitative estimate of drug-likeness (QED) is 0.843. The lowest BCUT2D eigenvalue weighted by molar-refractivity contribution is -0.0505. The van der Waals surface area contributed by atoms with Gasteiger partial charge in [-0.15, -0.1) is 0 Å². The minimum atomic E-state index is -2.85. The molecule has 0 amide bonds. The number of hydrogen-bond acceptors (Lipinski definition) is 4. The molecule has 5 nitrogen and oxygen atoms in total. The summed E-state index contributed by atoms with van der Waals surface area (Å²) < 4.78 is 30.0. The summed E-state index contributed by atoms with van der Waals surface area (Å²) in [7, 11) is 0. The first kappa shape index (κ1) is 14.9. The zero-order valence-electron chi connectivity index (χ0n) is 10.6. The Labute approximate surface area is 122 Å². The predicted molar refractivity (Wildman–Crippen MR) is 72.4 cm³/mol. The summed E-state index contributed by atoms with van der Waals surface area (Å²) in [6.07, 6.45) is 1.41. The topological polar surface area (TPSA) is 62.8 Å². The van der Waals surface area contributed by atoms with Crippen molar-refractivity contribution in [3.63, 3.8) is 0 Å². The summed E-state index contributed by atoms with van der Waals surface area (Å²) in [5.74, 6) is 0.830. The summed E-state index contributed by atoms with van der Waals surface area (Å²) in [4.78, 5) is 4.03. The van der Waals surface area contributed by atoms with Gasteiger partial charge in [0.05, 0.1) is 6.04 Å². The Balaban J connectivity index is 2.06. The van der Waals surface area contributed by atoms with Gasteiger partial charge in [-0.3, -0.25) is 5.10 Å². The lowest BCUT2D eigenvalue weighted by Gasteiger charge is -2.14. The molecule has 1 aromatic carbocycles. The van der Waals surface area contributed by atoms with Crippen molar-refractivity contribution in [3.05, 3.63) is 40.4 Å². The van der Waals surface area contributed by atoms with Crippen LogP contribution in [0.1, 0.15) is 24.4 Å². The highest BCUT2D eigenvalue weighted by molar-refractivity contribution is 9.10. The Bertz CT molecular complexity index is 550. The van der Waals surface area contributed by atoms with Gasteiger partial charge in [-0.2, -0.15) is 13.9 Å². The van der Waals surface area contributed by atoms with Crippen molar-refractivity contribution >= 4 is 15.9 Å². The van der Waals surface area contributed by atoms with Gasteiger partial charge in [-0.1, -0.05) is 15.9 Å². The first-order valence-corrected chi connectivity index (χ1v) is 6.67. The molecule has 1 unspecified atom stereocenters. The lowest BCUT2D eigenvalue weighted by atomic mass is 10.2. The van der Waals surface area contributed by atoms with E-state index in [0.717, 1.165) is 4.47 Å². The third-order valence-electron chi connectivity index (χ3n) is 2.68. The summed E-state index contributed by atoms with van der Waals surface area (Å²) in [6, 6.07) is 4.81. The molecule has 0 aliphatic carbocycles. The van der Waals surface area contributed by atoms with E-state index in [0.29, 0.717) is 17.9 Å². The fourth-order valence-electron chi connectivity index (χ4n) is 1.68. The van der Waals surface area contributed by atoms with Crippen LogP contribution in [-0.2, 0) is 6.54 Å². The van der Waals surface area contributed by atoms with Gasteiger partial charge in [0.2, 0.25) is 0 Å². The largest absolute Gasteiger partial charge is 0.434 e. The first-order chi connectivity index (χ1) is 9.56. The number of rotatable bonds is 6. The van der Waals surface area contributed by atoms with Crippen LogP contribution in [0, 0.1) is 0 Å². The number of nitrogens with zero attached hydrogens (tertiary/aromatic N) is 2. The molecular formula is C12H13BrF2N4O. The Morgan fingerprint density at radius 2 is 2.25 bits per heavy atom. The highest BCUT2D eigenvalue weighted by Crippen LogP contribution is 2.25. The number of hydrogen-bond donors (Lipinski definition) is 2. The molecule has 1 atom stereocenters. The standard InChI is InChI=1S/C12H13BrF2N4O/c1-7(11-17-6-18-19-11)16-5-8-4-9(13)2-3-10(8)20-12(14)15/h2-4,6-7,12,16H,5H2,1H3,(H,17,18,19). The average molecular weight is 347 g/mol. The zero-order valence-corrected chi connectivity index (χ0v) is 12.2. The van der Waals surface area contributed by atoms with E-state index in [9.17, 15) is 8.78 Å². The van der Waals surface area contributed by atoms with Gasteiger partial charge in [0, 0.05) is 16.6 Å². The fourth-order valence-corrected chi connectivity index (χ4v) is 2.09. The van der Waals surface area contributed by atoms with Crippen LogP contribution in [0.4, 0.5) is 8.78 Å². The van der Waals surface area contributed by atoms with Crippen molar-refractivity contribution < 1.29 is 13.5 Å². The molecule has 20 heavy (non-hydrogen) atoms. The number of H-pyrrole nitrogens is 1. The molecule has 2 rings (SSSR count). The van der Waals surface area contributed by atoms with Crippen LogP contribution in [0.3, 0.4) is 0 Å². The van der Waals surface area contributed by atoms with E-state index in [2.05, 4.69) is 41.2 Å². The summed E-state index contributed by atoms with van der Waals surface area (Å²) in [5.41, 5.74) is 0.631. The molecule has 108 valence electrons. The van der Waals surface area contributed by atoms with E-state index >= 15 is 0 Å². The number of ether oxygens (including phenoxy) is 1. The maximum atomic E-state index is 12.3. The van der Waals surface area contributed by atoms with E-state index in [1.54, 1.807) is 12.1 Å². The van der Waals surface area contributed by atoms with Gasteiger partial charge >= 0.3 is 6.61 Å². The molecule has 0 aliphatic heterocycles. The Hall–Kier alpha value is -1.54. The number of nitrogens with one attached hydrogen (secondary N) is 2. The monoisotopic (exact) mass is 346 g/mol. The van der Waals surface area contributed by atoms with E-state index in [4.69, 9.17) is 0 Å². The maximum Gasteiger partial charge on any atom is 0.387 e. The van der Waals surface area contributed by atoms with Crippen molar-refractivity contribution in [3.8, 4) is 5.75 Å². The molecule has 2 aromatic rings. The Morgan fingerprint density at radius 3 is 2.90 bits per heavy atom. The molecule has 0 radical (unpaired) electrons. The third-order valence-corrected chi connectivity index (χ3v) is 3.17. The minimum Gasteiger partial charge on any atom is -0.434 e. The van der Waals surface area contributed by atoms with E-state index in [1.165, 1.54) is 12.4 Å². The van der Waals surface area contributed by atoms with Crippen molar-refractivity contribution in [2.24, 2.45) is 0 Å². The van der Waals surface area contributed by atoms with Gasteiger partial charge in [0.1, 0.15) is 17.9 Å². The highest BCUT2D eigenvalue weighted by Gasteiger charge is 2.12. The number of halogens is 3. The van der Waals surface area contributed by atoms with Crippen molar-refractivity contribution in [1.29, 1.82) is 0 Å². The van der Waals surface area contributed by atoms with Crippen LogP contribution >= 0.6 is 15.9 Å². The molecule has 0 fully saturated rings. The maximum absolute atomic E-state index is 12.3. The molecule has 0 spiro atoms. The van der Waals surface area contributed by atoms with E-state index < -0.39 is 6.61 Å². The van der Waals surface area contributed by atoms with Crippen molar-refractivity contribution in [2.75, 3.05) is 0 Å². The van der Waals surface area contributed by atoms with Gasteiger partial charge in [0.25, 0.3) is 0 Å². The van der Waals surface area contributed by atoms with Crippen molar-refractivity contribution in [2.45, 2.75) is 26.1 Å². The van der Waals surface area contributed by atoms with Gasteiger partial charge in [0.15, 0.2) is 0 Å². The van der Waals surface area contributed by atoms with E-state index in [-0.39, 0.29) is 11.8 Å². The highest BCUT2D eigenvalue weighted by atomic mass is 79.9. The predicted octanol–water partition coefficient (Wildman–Crippen LogP) is 3.02. The van der Waals surface area contributed by atoms with Gasteiger partial charge < -0.3 is 10.1 Å². The molecular weight excluding hydrogens is 334 g/mol. The molecule has 2 N–H and O–H groups in total. The summed E-state index contributed by atoms with van der Waals surface area (Å²) >= 11 is 3.31. The Kier molecular flexibility index (Phi) is 5.02. The second kappa shape index (κ2) is 6.76. The van der Waals surface area contributed by atoms with Crippen LogP contribution in [0.25, 0.3) is 0 Å². The van der Waals surface area contributed by atoms with Crippen LogP contribution in [0.5, 0.6) is 5.75 Å². The van der Waals surface area contributed by atoms with Crippen LogP contribution < -0.4 is 10.1 Å². The van der Waals surface area contributed by atoms with Crippen molar-refractivity contribution in [1.82, 2.24) is 20.5 Å². The normalized spacial score (nSPS) is 12.7. The van der Waals surface area contributed by atoms with Crippen LogP contribution in [0.15, 0.2) is 29.0 Å². The zero-order chi connectivity index (χ0) is 14.5. The molecule has 1 heterocycles. The number of benzene rings is 1. The lowest BCUT2D eigenvalue weighted by Crippen LogP contribution is -2.20. The first-order valence-electron chi connectivity index (χ1n) is 5.88. The fraction of sp³-hybridized carbons (Fsp3) is 0.333. The van der Waals surface area contributed by atoms with Crippen LogP contribution in [0.2, 0.25) is 0 Å². The number of alkyl halides is 2. The second-order valence-corrected chi connectivity index (χ2v) is 5.02. The van der Waals surface area contributed by atoms with Gasteiger partial charge in [-0.05, 0) is 25.1 Å². The summed E-state index contributed by atoms with van der Waals surface area (Å²) in [5, 5.41) is 9.67. The molecule has 0 saturated carbocycles. The third kappa shape index (κ3) is 3.97. The molecule has 0 saturated heterocycles. The number of aromatic amines is 1. The molecule has 8 heteroatoms. The van der Waals surface area contributed by atoms with Gasteiger partial charge in [-0.25, -0.2) is 4.98 Å². The number of aromatic nitrogens is 3. The molecule has 0 aliphatic rings. The minimum absolute atomic E-state index is 0.0871. The molecule has 0 bridgehead atoms. The average Bonchev–Trinajstić information content (AvgIpc) is 2.92. The second-order valence-electron chi connectivity index (χ2n) is 4.10. The Morgan fingerprint density at radius 1 is 1.45 bits per heavy atom.